The molecule has 2 aromatic heterocycles. The normalized spacial score (nSPS) is 18.2. The zero-order valence-electron chi connectivity index (χ0n) is 12.6. The Kier molecular flexibility index (Phi) is 3.73. The van der Waals surface area contributed by atoms with Crippen LogP contribution in [0.25, 0.3) is 10.2 Å². The number of hydrogen-bond acceptors (Lipinski definition) is 7. The molecule has 7 heteroatoms. The summed E-state index contributed by atoms with van der Waals surface area (Å²) in [6.45, 7) is 8.71. The molecule has 3 N–H and O–H groups in total. The van der Waals surface area contributed by atoms with Crippen molar-refractivity contribution < 1.29 is 4.74 Å². The van der Waals surface area contributed by atoms with Crippen LogP contribution in [0.4, 0.5) is 11.8 Å². The molecule has 3 heterocycles. The SMILES string of the molecule is CCc1cc2c(N3CCOCC3(C)C)nc(NN)nc2s1. The maximum Gasteiger partial charge on any atom is 0.240 e. The predicted molar refractivity (Wildman–Crippen MR) is 86.8 cm³/mol. The summed E-state index contributed by atoms with van der Waals surface area (Å²) in [6.07, 6.45) is 0.998. The molecule has 0 aliphatic carbocycles. The molecule has 2 aromatic rings. The zero-order chi connectivity index (χ0) is 15.0. The van der Waals surface area contributed by atoms with E-state index in [9.17, 15) is 0 Å². The van der Waals surface area contributed by atoms with Gasteiger partial charge < -0.3 is 9.64 Å². The minimum absolute atomic E-state index is 0.0975. The third kappa shape index (κ3) is 2.56. The van der Waals surface area contributed by atoms with Gasteiger partial charge in [0.1, 0.15) is 10.6 Å². The Bertz CT molecular complexity index is 654. The lowest BCUT2D eigenvalue weighted by Gasteiger charge is -2.43. The number of fused-ring (bicyclic) bond motifs is 1. The molecule has 0 spiro atoms. The number of anilines is 2. The van der Waals surface area contributed by atoms with Crippen molar-refractivity contribution in [2.75, 3.05) is 30.1 Å². The number of nitrogens with two attached hydrogens (primary N) is 1. The van der Waals surface area contributed by atoms with Crippen molar-refractivity contribution in [1.82, 2.24) is 9.97 Å². The molecular formula is C14H21N5OS. The highest BCUT2D eigenvalue weighted by molar-refractivity contribution is 7.18. The zero-order valence-corrected chi connectivity index (χ0v) is 13.5. The number of nitrogens with zero attached hydrogens (tertiary/aromatic N) is 3. The molecule has 21 heavy (non-hydrogen) atoms. The number of thiophene rings is 1. The number of nitrogen functional groups attached to an aromatic ring is 1. The fraction of sp³-hybridized carbons (Fsp3) is 0.571. The number of morpholine rings is 1. The largest absolute Gasteiger partial charge is 0.377 e. The molecule has 1 saturated heterocycles. The Hall–Kier alpha value is -1.44. The first-order chi connectivity index (χ1) is 10.0. The van der Waals surface area contributed by atoms with Gasteiger partial charge in [0, 0.05) is 11.4 Å². The summed E-state index contributed by atoms with van der Waals surface area (Å²) in [5.41, 5.74) is 2.48. The topological polar surface area (TPSA) is 76.3 Å². The van der Waals surface area contributed by atoms with E-state index in [0.29, 0.717) is 19.2 Å². The number of hydrazine groups is 1. The summed E-state index contributed by atoms with van der Waals surface area (Å²) < 4.78 is 5.61. The van der Waals surface area contributed by atoms with Crippen molar-refractivity contribution in [3.8, 4) is 0 Å². The molecule has 0 bridgehead atoms. The molecule has 0 atom stereocenters. The van der Waals surface area contributed by atoms with E-state index in [1.807, 2.05) is 0 Å². The third-order valence-corrected chi connectivity index (χ3v) is 4.98. The maximum absolute atomic E-state index is 5.61. The molecule has 3 rings (SSSR count). The summed E-state index contributed by atoms with van der Waals surface area (Å²) in [5.74, 6) is 6.94. The molecule has 1 aliphatic heterocycles. The van der Waals surface area contributed by atoms with Gasteiger partial charge in [-0.1, -0.05) is 6.92 Å². The van der Waals surface area contributed by atoms with Crippen LogP contribution in [0.3, 0.4) is 0 Å². The van der Waals surface area contributed by atoms with Crippen molar-refractivity contribution in [3.05, 3.63) is 10.9 Å². The van der Waals surface area contributed by atoms with E-state index in [0.717, 1.165) is 29.0 Å². The lowest BCUT2D eigenvalue weighted by molar-refractivity contribution is 0.0641. The van der Waals surface area contributed by atoms with E-state index < -0.39 is 0 Å². The monoisotopic (exact) mass is 307 g/mol. The first-order valence-corrected chi connectivity index (χ1v) is 7.99. The van der Waals surface area contributed by atoms with Gasteiger partial charge in [-0.15, -0.1) is 11.3 Å². The molecule has 0 radical (unpaired) electrons. The fourth-order valence-electron chi connectivity index (χ4n) is 2.65. The molecule has 0 saturated carbocycles. The third-order valence-electron chi connectivity index (χ3n) is 3.80. The molecule has 1 fully saturated rings. The number of rotatable bonds is 3. The first-order valence-electron chi connectivity index (χ1n) is 7.17. The van der Waals surface area contributed by atoms with Gasteiger partial charge in [-0.2, -0.15) is 4.98 Å². The average molecular weight is 307 g/mol. The van der Waals surface area contributed by atoms with E-state index >= 15 is 0 Å². The van der Waals surface area contributed by atoms with Crippen LogP contribution in [-0.2, 0) is 11.2 Å². The predicted octanol–water partition coefficient (Wildman–Crippen LogP) is 2.15. The van der Waals surface area contributed by atoms with Crippen LogP contribution in [0.15, 0.2) is 6.07 Å². The molecule has 0 aromatic carbocycles. The van der Waals surface area contributed by atoms with E-state index in [4.69, 9.17) is 10.6 Å². The van der Waals surface area contributed by atoms with Crippen molar-refractivity contribution in [3.63, 3.8) is 0 Å². The highest BCUT2D eigenvalue weighted by atomic mass is 32.1. The van der Waals surface area contributed by atoms with Gasteiger partial charge in [-0.05, 0) is 26.3 Å². The lowest BCUT2D eigenvalue weighted by atomic mass is 10.0. The van der Waals surface area contributed by atoms with E-state index in [-0.39, 0.29) is 5.54 Å². The molecule has 0 unspecified atom stereocenters. The Morgan fingerprint density at radius 3 is 2.95 bits per heavy atom. The number of aromatic nitrogens is 2. The Balaban J connectivity index is 2.17. The fourth-order valence-corrected chi connectivity index (χ4v) is 3.61. The second kappa shape index (κ2) is 5.40. The summed E-state index contributed by atoms with van der Waals surface area (Å²) in [5, 5.41) is 1.10. The minimum Gasteiger partial charge on any atom is -0.377 e. The van der Waals surface area contributed by atoms with Crippen LogP contribution in [0, 0.1) is 0 Å². The smallest absolute Gasteiger partial charge is 0.240 e. The van der Waals surface area contributed by atoms with Crippen molar-refractivity contribution >= 4 is 33.3 Å². The second-order valence-electron chi connectivity index (χ2n) is 5.82. The summed E-state index contributed by atoms with van der Waals surface area (Å²) in [7, 11) is 0. The Morgan fingerprint density at radius 2 is 2.29 bits per heavy atom. The van der Waals surface area contributed by atoms with Crippen LogP contribution in [0.1, 0.15) is 25.6 Å². The number of aryl methyl sites for hydroxylation is 1. The number of nitrogens with one attached hydrogen (secondary N) is 1. The first kappa shape index (κ1) is 14.5. The molecule has 114 valence electrons. The lowest BCUT2D eigenvalue weighted by Crippen LogP contribution is -2.53. The van der Waals surface area contributed by atoms with Gasteiger partial charge in [-0.3, -0.25) is 5.43 Å². The summed E-state index contributed by atoms with van der Waals surface area (Å²) in [4.78, 5) is 13.7. The van der Waals surface area contributed by atoms with E-state index in [1.54, 1.807) is 11.3 Å². The van der Waals surface area contributed by atoms with Crippen LogP contribution >= 0.6 is 11.3 Å². The maximum atomic E-state index is 5.61. The van der Waals surface area contributed by atoms with Crippen molar-refractivity contribution in [2.45, 2.75) is 32.7 Å². The van der Waals surface area contributed by atoms with Gasteiger partial charge >= 0.3 is 0 Å². The van der Waals surface area contributed by atoms with Gasteiger partial charge in [0.15, 0.2) is 0 Å². The Labute approximate surface area is 128 Å². The van der Waals surface area contributed by atoms with Crippen LogP contribution in [0.5, 0.6) is 0 Å². The van der Waals surface area contributed by atoms with Crippen molar-refractivity contribution in [1.29, 1.82) is 0 Å². The highest BCUT2D eigenvalue weighted by Gasteiger charge is 2.33. The van der Waals surface area contributed by atoms with Gasteiger partial charge in [0.2, 0.25) is 5.95 Å². The highest BCUT2D eigenvalue weighted by Crippen LogP contribution is 2.35. The van der Waals surface area contributed by atoms with Gasteiger partial charge in [-0.25, -0.2) is 10.8 Å². The molecule has 1 aliphatic rings. The van der Waals surface area contributed by atoms with Crippen LogP contribution in [0.2, 0.25) is 0 Å². The van der Waals surface area contributed by atoms with Crippen molar-refractivity contribution in [2.24, 2.45) is 5.84 Å². The van der Waals surface area contributed by atoms with E-state index in [2.05, 4.69) is 47.1 Å². The van der Waals surface area contributed by atoms with E-state index in [1.165, 1.54) is 4.88 Å². The molecule has 0 amide bonds. The van der Waals surface area contributed by atoms with Gasteiger partial charge in [0.25, 0.3) is 0 Å². The van der Waals surface area contributed by atoms with Crippen LogP contribution in [-0.4, -0.2) is 35.3 Å². The number of hydrogen-bond donors (Lipinski definition) is 2. The number of ether oxygens (including phenoxy) is 1. The van der Waals surface area contributed by atoms with Gasteiger partial charge in [0.05, 0.1) is 24.1 Å². The second-order valence-corrected chi connectivity index (χ2v) is 6.93. The summed E-state index contributed by atoms with van der Waals surface area (Å²) in [6, 6.07) is 2.20. The quantitative estimate of drug-likeness (QED) is 0.668. The standard InChI is InChI=1S/C14H21N5OS/c1-4-9-7-10-11(16-13(18-15)17-12(10)21-9)19-5-6-20-8-14(19,2)3/h7H,4-6,8,15H2,1-3H3,(H,16,17,18). The summed E-state index contributed by atoms with van der Waals surface area (Å²) >= 11 is 1.70. The molecular weight excluding hydrogens is 286 g/mol. The minimum atomic E-state index is -0.0975. The average Bonchev–Trinajstić information content (AvgIpc) is 2.89. The Morgan fingerprint density at radius 1 is 1.48 bits per heavy atom. The van der Waals surface area contributed by atoms with Crippen LogP contribution < -0.4 is 16.2 Å². The molecule has 6 nitrogen and oxygen atoms in total.